The Balaban J connectivity index is 1.19. The van der Waals surface area contributed by atoms with E-state index >= 15 is 0 Å². The van der Waals surface area contributed by atoms with Crippen molar-refractivity contribution in [1.29, 1.82) is 0 Å². The number of unbranched alkanes of at least 4 members (excludes halogenated alkanes) is 1. The van der Waals surface area contributed by atoms with Gasteiger partial charge in [0.05, 0.1) is 35.3 Å². The molecule has 6 N–H and O–H groups in total. The first-order valence-electron chi connectivity index (χ1n) is 20.9. The second kappa shape index (κ2) is 20.1. The van der Waals surface area contributed by atoms with Gasteiger partial charge in [-0.25, -0.2) is 23.0 Å². The predicted molar refractivity (Wildman–Crippen MR) is 234 cm³/mol. The minimum Gasteiger partial charge on any atom is -0.457 e. The first kappa shape index (κ1) is 47.3. The number of nitrogens with one attached hydrogen (secondary N) is 2. The van der Waals surface area contributed by atoms with Crippen LogP contribution in [0.1, 0.15) is 74.3 Å². The van der Waals surface area contributed by atoms with Crippen LogP contribution in [-0.2, 0) is 79.9 Å². The summed E-state index contributed by atoms with van der Waals surface area (Å²) in [5, 5.41) is 6.16. The van der Waals surface area contributed by atoms with Crippen LogP contribution in [0.15, 0.2) is 59.4 Å². The lowest BCUT2D eigenvalue weighted by atomic mass is 9.85. The second-order valence-corrected chi connectivity index (χ2v) is 17.8. The maximum Gasteiger partial charge on any atom is 0.510 e. The Labute approximate surface area is 369 Å². The number of hydrogen-bond acceptors (Lipinski definition) is 14. The van der Waals surface area contributed by atoms with Gasteiger partial charge in [0.1, 0.15) is 32.5 Å². The van der Waals surface area contributed by atoms with Crippen molar-refractivity contribution < 1.29 is 51.3 Å². The molecule has 0 saturated heterocycles. The molecule has 4 aromatic rings. The summed E-state index contributed by atoms with van der Waals surface area (Å²) in [7, 11) is -3.52. The molecule has 2 aromatic carbocycles. The summed E-state index contributed by atoms with van der Waals surface area (Å²) in [6.45, 7) is 4.44. The number of nitrogens with zero attached hydrogens (tertiary/aromatic N) is 3. The van der Waals surface area contributed by atoms with Crippen LogP contribution in [0.4, 0.5) is 10.5 Å². The van der Waals surface area contributed by atoms with Crippen molar-refractivity contribution in [2.75, 3.05) is 37.9 Å². The number of amides is 3. The number of nitrogens with two attached hydrogens (primary N) is 2. The van der Waals surface area contributed by atoms with Crippen molar-refractivity contribution >= 4 is 56.5 Å². The molecule has 2 atom stereocenters. The van der Waals surface area contributed by atoms with Gasteiger partial charge >= 0.3 is 12.1 Å². The minimum atomic E-state index is -3.52. The maximum absolute atomic E-state index is 14.3. The quantitative estimate of drug-likeness (QED) is 0.0647. The third kappa shape index (κ3) is 10.4. The molecule has 2 aliphatic rings. The number of cyclic esters (lactones) is 1. The van der Waals surface area contributed by atoms with Crippen LogP contribution in [0.2, 0.25) is 0 Å². The lowest BCUT2D eigenvalue weighted by molar-refractivity contribution is -0.175. The number of sulfonamides is 1. The first-order valence-corrected chi connectivity index (χ1v) is 22.7. The van der Waals surface area contributed by atoms with Gasteiger partial charge < -0.3 is 45.6 Å². The Morgan fingerprint density at radius 2 is 1.77 bits per heavy atom. The van der Waals surface area contributed by atoms with Crippen LogP contribution < -0.4 is 27.7 Å². The number of esters is 1. The van der Waals surface area contributed by atoms with E-state index in [0.717, 1.165) is 16.5 Å². The standard InChI is InChI=1S/C44H53N7O12S/c1-5-44(63-43(57)62-22-27-13-15-28(16-14-27)47-40(54)35(12-8-9-18-45)48-38(53)25-60-24-37(46)52)33-20-36-39-31(21-50(36)41(55)32(33)23-61-42(44)56)29(30-10-6-7-11-34(30)49-39)17-19-51(26(2)3)64(4,58)59/h6-7,10-11,13-16,20,26,35H,5,8-9,12,17-19,21-25,45H2,1-4H3,(H2,46,52)(H,47,54)(H,48,53)/t35-,44-/m0/s1. The number of rotatable bonds is 20. The Morgan fingerprint density at radius 1 is 1.03 bits per heavy atom. The van der Waals surface area contributed by atoms with Gasteiger partial charge in [-0.3, -0.25) is 19.2 Å². The highest BCUT2D eigenvalue weighted by Crippen LogP contribution is 2.42. The van der Waals surface area contributed by atoms with E-state index in [1.807, 2.05) is 38.1 Å². The van der Waals surface area contributed by atoms with E-state index in [2.05, 4.69) is 10.6 Å². The van der Waals surface area contributed by atoms with E-state index < -0.39 is 70.3 Å². The lowest BCUT2D eigenvalue weighted by Gasteiger charge is -2.35. The van der Waals surface area contributed by atoms with E-state index in [9.17, 15) is 37.2 Å². The summed E-state index contributed by atoms with van der Waals surface area (Å²) in [5.41, 5.74) is 12.5. The highest BCUT2D eigenvalue weighted by Gasteiger charge is 2.51. The second-order valence-electron chi connectivity index (χ2n) is 15.9. The van der Waals surface area contributed by atoms with Gasteiger partial charge in [0, 0.05) is 34.8 Å². The van der Waals surface area contributed by atoms with Crippen LogP contribution >= 0.6 is 0 Å². The number of fused-ring (bicyclic) bond motifs is 5. The summed E-state index contributed by atoms with van der Waals surface area (Å²) in [4.78, 5) is 82.7. The fraction of sp³-hybridized carbons (Fsp3) is 0.432. The van der Waals surface area contributed by atoms with Crippen molar-refractivity contribution in [3.63, 3.8) is 0 Å². The number of primary amides is 1. The minimum absolute atomic E-state index is 0.0981. The number of aromatic nitrogens is 2. The zero-order chi connectivity index (χ0) is 46.3. The molecule has 4 heterocycles. The molecule has 6 rings (SSSR count). The molecule has 2 aromatic heterocycles. The molecule has 2 aliphatic heterocycles. The molecule has 64 heavy (non-hydrogen) atoms. The molecule has 0 saturated carbocycles. The van der Waals surface area contributed by atoms with E-state index in [4.69, 9.17) is 35.4 Å². The Kier molecular flexibility index (Phi) is 14.8. The fourth-order valence-corrected chi connectivity index (χ4v) is 9.24. The van der Waals surface area contributed by atoms with Crippen molar-refractivity contribution in [1.82, 2.24) is 19.2 Å². The number of carbonyl (C=O) groups excluding carboxylic acids is 5. The molecule has 0 aliphatic carbocycles. The molecule has 342 valence electrons. The van der Waals surface area contributed by atoms with Crippen LogP contribution in [-0.4, -0.2) is 96.8 Å². The average Bonchev–Trinajstić information content (AvgIpc) is 3.61. The molecule has 19 nitrogen and oxygen atoms in total. The van der Waals surface area contributed by atoms with Gasteiger partial charge in [0.15, 0.2) is 0 Å². The van der Waals surface area contributed by atoms with Gasteiger partial charge in [-0.05, 0) is 87.9 Å². The van der Waals surface area contributed by atoms with E-state index in [0.29, 0.717) is 60.4 Å². The van der Waals surface area contributed by atoms with E-state index in [1.54, 1.807) is 41.8 Å². The number of anilines is 1. The normalized spacial score (nSPS) is 15.8. The summed E-state index contributed by atoms with van der Waals surface area (Å²) >= 11 is 0. The van der Waals surface area contributed by atoms with Crippen LogP contribution in [0.3, 0.4) is 0 Å². The first-order chi connectivity index (χ1) is 30.5. The van der Waals surface area contributed by atoms with E-state index in [-0.39, 0.29) is 49.9 Å². The van der Waals surface area contributed by atoms with E-state index in [1.165, 1.54) is 10.6 Å². The molecule has 0 bridgehead atoms. The molecular weight excluding hydrogens is 851 g/mol. The largest absolute Gasteiger partial charge is 0.510 e. The topological polar surface area (TPSA) is 271 Å². The third-order valence-electron chi connectivity index (χ3n) is 11.2. The molecule has 0 unspecified atom stereocenters. The zero-order valence-electron chi connectivity index (χ0n) is 36.1. The van der Waals surface area contributed by atoms with Crippen molar-refractivity contribution in [2.24, 2.45) is 11.5 Å². The van der Waals surface area contributed by atoms with Gasteiger partial charge in [-0.1, -0.05) is 37.3 Å². The van der Waals surface area contributed by atoms with Crippen molar-refractivity contribution in [2.45, 2.75) is 90.3 Å². The Hall–Kier alpha value is -6.22. The third-order valence-corrected chi connectivity index (χ3v) is 12.6. The van der Waals surface area contributed by atoms with Crippen molar-refractivity contribution in [3.8, 4) is 11.4 Å². The molecule has 0 spiro atoms. The van der Waals surface area contributed by atoms with Gasteiger partial charge in [0.25, 0.3) is 5.56 Å². The SMILES string of the molecule is CC[C@@]1(OC(=O)OCc2ccc(NC(=O)[C@H](CCCCN)NC(=O)COCC(N)=O)cc2)C(=O)OCc2c1cc1n(c2=O)Cc2c-1nc1ccccc1c2CCN(C(C)C)S(C)(=O)=O. The average molecular weight is 904 g/mol. The molecule has 0 fully saturated rings. The zero-order valence-corrected chi connectivity index (χ0v) is 37.0. The smallest absolute Gasteiger partial charge is 0.457 e. The Bertz CT molecular complexity index is 2620. The number of hydrogen-bond donors (Lipinski definition) is 4. The fourth-order valence-electron chi connectivity index (χ4n) is 8.05. The molecule has 3 amide bonds. The Morgan fingerprint density at radius 3 is 2.44 bits per heavy atom. The molecule has 0 radical (unpaired) electrons. The predicted octanol–water partition coefficient (Wildman–Crippen LogP) is 2.71. The van der Waals surface area contributed by atoms with Gasteiger partial charge in [-0.15, -0.1) is 0 Å². The van der Waals surface area contributed by atoms with Crippen LogP contribution in [0.25, 0.3) is 22.3 Å². The summed E-state index contributed by atoms with van der Waals surface area (Å²) in [6.07, 6.45) is 1.70. The maximum atomic E-state index is 14.3. The number of benzene rings is 2. The number of ether oxygens (including phenoxy) is 4. The molecule has 20 heteroatoms. The summed E-state index contributed by atoms with van der Waals surface area (Å²) in [6, 6.07) is 14.2. The van der Waals surface area contributed by atoms with Gasteiger partial charge in [0.2, 0.25) is 33.3 Å². The highest BCUT2D eigenvalue weighted by atomic mass is 32.2. The number of para-hydroxylation sites is 1. The highest BCUT2D eigenvalue weighted by molar-refractivity contribution is 7.88. The van der Waals surface area contributed by atoms with Gasteiger partial charge in [-0.2, -0.15) is 4.31 Å². The number of carbonyl (C=O) groups is 5. The monoisotopic (exact) mass is 903 g/mol. The lowest BCUT2D eigenvalue weighted by Crippen LogP contribution is -2.47. The van der Waals surface area contributed by atoms with Crippen molar-refractivity contribution in [3.05, 3.63) is 92.8 Å². The molecular formula is C44H53N7O12S. The summed E-state index contributed by atoms with van der Waals surface area (Å²) < 4.78 is 50.0. The number of pyridine rings is 2. The van der Waals surface area contributed by atoms with Crippen LogP contribution in [0.5, 0.6) is 0 Å². The van der Waals surface area contributed by atoms with Crippen LogP contribution in [0, 0.1) is 0 Å². The summed E-state index contributed by atoms with van der Waals surface area (Å²) in [5.74, 6) is -2.72.